The van der Waals surface area contributed by atoms with Crippen LogP contribution in [-0.4, -0.2) is 4.98 Å². The number of nitrogens with zero attached hydrogens (tertiary/aromatic N) is 1. The first kappa shape index (κ1) is 18.6. The van der Waals surface area contributed by atoms with Crippen LogP contribution in [0.15, 0.2) is 89.5 Å². The van der Waals surface area contributed by atoms with Crippen LogP contribution in [0.25, 0.3) is 44.3 Å². The second kappa shape index (κ2) is 7.46. The summed E-state index contributed by atoms with van der Waals surface area (Å²) in [7, 11) is 0. The van der Waals surface area contributed by atoms with Gasteiger partial charge in [0.2, 0.25) is 0 Å². The lowest BCUT2D eigenvalue weighted by Gasteiger charge is -2.16. The van der Waals surface area contributed by atoms with Gasteiger partial charge in [0, 0.05) is 22.5 Å². The van der Waals surface area contributed by atoms with Gasteiger partial charge in [-0.1, -0.05) is 69.3 Å². The molecule has 0 fully saturated rings. The van der Waals surface area contributed by atoms with Crippen molar-refractivity contribution in [1.82, 2.24) is 4.98 Å². The molecule has 0 saturated carbocycles. The molecule has 5 aromatic rings. The van der Waals surface area contributed by atoms with Crippen molar-refractivity contribution < 1.29 is 4.42 Å². The first-order chi connectivity index (χ1) is 14.6. The van der Waals surface area contributed by atoms with E-state index in [1.54, 1.807) is 0 Å². The number of furan rings is 1. The van der Waals surface area contributed by atoms with Crippen molar-refractivity contribution in [2.75, 3.05) is 0 Å². The molecule has 5 rings (SSSR count). The van der Waals surface area contributed by atoms with Gasteiger partial charge in [0.25, 0.3) is 0 Å². The molecule has 0 amide bonds. The van der Waals surface area contributed by atoms with Crippen LogP contribution in [0.4, 0.5) is 0 Å². The maximum Gasteiger partial charge on any atom is 0.144 e. The van der Waals surface area contributed by atoms with E-state index in [-0.39, 0.29) is 0 Å². The van der Waals surface area contributed by atoms with Gasteiger partial charge in [0.05, 0.1) is 5.69 Å². The van der Waals surface area contributed by atoms with E-state index < -0.39 is 0 Å². The van der Waals surface area contributed by atoms with Crippen molar-refractivity contribution in [3.63, 3.8) is 0 Å². The average molecular weight is 392 g/mol. The Hall–Kier alpha value is -3.39. The maximum absolute atomic E-state index is 6.41. The Labute approximate surface area is 177 Å². The molecule has 3 aromatic carbocycles. The van der Waals surface area contributed by atoms with Crippen molar-refractivity contribution in [3.8, 4) is 22.4 Å². The normalized spacial score (nSPS) is 12.7. The molecule has 1 atom stereocenters. The van der Waals surface area contributed by atoms with Crippen molar-refractivity contribution in [2.24, 2.45) is 5.92 Å². The summed E-state index contributed by atoms with van der Waals surface area (Å²) in [5.74, 6) is 1.06. The lowest BCUT2D eigenvalue weighted by molar-refractivity contribution is 0.535. The number of hydrogen-bond acceptors (Lipinski definition) is 2. The lowest BCUT2D eigenvalue weighted by Crippen LogP contribution is -2.02. The van der Waals surface area contributed by atoms with Crippen LogP contribution in [0.3, 0.4) is 0 Å². The Balaban J connectivity index is 1.66. The van der Waals surface area contributed by atoms with Gasteiger partial charge < -0.3 is 4.42 Å². The van der Waals surface area contributed by atoms with E-state index in [1.165, 1.54) is 11.1 Å². The fourth-order valence-corrected chi connectivity index (χ4v) is 4.07. The summed E-state index contributed by atoms with van der Waals surface area (Å²) in [5, 5.41) is 2.27. The first-order valence-corrected chi connectivity index (χ1v) is 10.6. The topological polar surface area (TPSA) is 26.0 Å². The number of benzene rings is 3. The van der Waals surface area contributed by atoms with Gasteiger partial charge in [-0.2, -0.15) is 0 Å². The molecule has 2 heterocycles. The minimum Gasteiger partial charge on any atom is -0.455 e. The standard InChI is InChI=1S/C28H25NO/c1-18(2)19(3)21-14-15-29-26(16-21)25-11-7-10-24-23-13-12-22(17-27(23)30-28(24)25)20-8-5-4-6-9-20/h4-19H,1-3H3. The predicted molar refractivity (Wildman–Crippen MR) is 126 cm³/mol. The van der Waals surface area contributed by atoms with Gasteiger partial charge in [-0.3, -0.25) is 4.98 Å². The van der Waals surface area contributed by atoms with Gasteiger partial charge in [0.15, 0.2) is 0 Å². The van der Waals surface area contributed by atoms with Gasteiger partial charge in [0.1, 0.15) is 11.2 Å². The van der Waals surface area contributed by atoms with Crippen molar-refractivity contribution in [1.29, 1.82) is 0 Å². The molecule has 0 bridgehead atoms. The molecular weight excluding hydrogens is 366 g/mol. The zero-order valence-electron chi connectivity index (χ0n) is 17.6. The van der Waals surface area contributed by atoms with Crippen molar-refractivity contribution in [2.45, 2.75) is 26.7 Å². The zero-order valence-corrected chi connectivity index (χ0v) is 17.6. The molecule has 1 unspecified atom stereocenters. The summed E-state index contributed by atoms with van der Waals surface area (Å²) in [5.41, 5.74) is 7.49. The highest BCUT2D eigenvalue weighted by molar-refractivity contribution is 6.10. The Bertz CT molecular complexity index is 1330. The van der Waals surface area contributed by atoms with E-state index in [0.717, 1.165) is 38.8 Å². The Morgan fingerprint density at radius 3 is 2.37 bits per heavy atom. The quantitative estimate of drug-likeness (QED) is 0.309. The molecule has 2 heteroatoms. The molecule has 30 heavy (non-hydrogen) atoms. The van der Waals surface area contributed by atoms with Gasteiger partial charge in [-0.25, -0.2) is 0 Å². The molecule has 0 N–H and O–H groups in total. The third-order valence-corrected chi connectivity index (χ3v) is 6.19. The fraction of sp³-hybridized carbons (Fsp3) is 0.179. The minimum atomic E-state index is 0.482. The van der Waals surface area contributed by atoms with Crippen molar-refractivity contribution in [3.05, 3.63) is 90.6 Å². The summed E-state index contributed by atoms with van der Waals surface area (Å²) in [6, 6.07) is 27.6. The minimum absolute atomic E-state index is 0.482. The molecule has 0 aliphatic rings. The summed E-state index contributed by atoms with van der Waals surface area (Å²) < 4.78 is 6.41. The van der Waals surface area contributed by atoms with Crippen LogP contribution in [0, 0.1) is 5.92 Å². The highest BCUT2D eigenvalue weighted by atomic mass is 16.3. The second-order valence-electron chi connectivity index (χ2n) is 8.37. The third-order valence-electron chi connectivity index (χ3n) is 6.19. The second-order valence-corrected chi connectivity index (χ2v) is 8.37. The fourth-order valence-electron chi connectivity index (χ4n) is 4.07. The van der Waals surface area contributed by atoms with Crippen LogP contribution in [0.1, 0.15) is 32.3 Å². The number of aromatic nitrogens is 1. The third kappa shape index (κ3) is 3.19. The molecule has 2 nitrogen and oxygen atoms in total. The van der Waals surface area contributed by atoms with Crippen LogP contribution in [0.2, 0.25) is 0 Å². The summed E-state index contributed by atoms with van der Waals surface area (Å²) in [6.07, 6.45) is 1.92. The van der Waals surface area contributed by atoms with E-state index in [9.17, 15) is 0 Å². The summed E-state index contributed by atoms with van der Waals surface area (Å²) in [6.45, 7) is 6.79. The SMILES string of the molecule is CC(C)C(C)c1ccnc(-c2cccc3c2oc2cc(-c4ccccc4)ccc23)c1. The highest BCUT2D eigenvalue weighted by Gasteiger charge is 2.16. The highest BCUT2D eigenvalue weighted by Crippen LogP contribution is 2.37. The van der Waals surface area contributed by atoms with Gasteiger partial charge in [-0.15, -0.1) is 0 Å². The predicted octanol–water partition coefficient (Wildman–Crippen LogP) is 8.07. The Kier molecular flexibility index (Phi) is 4.63. The average Bonchev–Trinajstić information content (AvgIpc) is 3.17. The number of fused-ring (bicyclic) bond motifs is 3. The van der Waals surface area contributed by atoms with Crippen LogP contribution in [-0.2, 0) is 0 Å². The monoisotopic (exact) mass is 391 g/mol. The smallest absolute Gasteiger partial charge is 0.144 e. The van der Waals surface area contributed by atoms with Crippen LogP contribution in [0.5, 0.6) is 0 Å². The molecule has 2 aromatic heterocycles. The van der Waals surface area contributed by atoms with E-state index in [2.05, 4.69) is 98.6 Å². The van der Waals surface area contributed by atoms with E-state index in [0.29, 0.717) is 11.8 Å². The van der Waals surface area contributed by atoms with E-state index >= 15 is 0 Å². The molecule has 0 aliphatic carbocycles. The summed E-state index contributed by atoms with van der Waals surface area (Å²) in [4.78, 5) is 4.68. The van der Waals surface area contributed by atoms with E-state index in [4.69, 9.17) is 4.42 Å². The van der Waals surface area contributed by atoms with Crippen LogP contribution >= 0.6 is 0 Å². The van der Waals surface area contributed by atoms with Crippen LogP contribution < -0.4 is 0 Å². The first-order valence-electron chi connectivity index (χ1n) is 10.6. The molecule has 148 valence electrons. The number of para-hydroxylation sites is 1. The van der Waals surface area contributed by atoms with Gasteiger partial charge in [-0.05, 0) is 58.9 Å². The molecule has 0 spiro atoms. The number of rotatable bonds is 4. The molecule has 0 radical (unpaired) electrons. The molecule has 0 aliphatic heterocycles. The Morgan fingerprint density at radius 1 is 0.733 bits per heavy atom. The zero-order chi connectivity index (χ0) is 20.7. The number of pyridine rings is 1. The summed E-state index contributed by atoms with van der Waals surface area (Å²) >= 11 is 0. The van der Waals surface area contributed by atoms with Crippen molar-refractivity contribution >= 4 is 21.9 Å². The van der Waals surface area contributed by atoms with Gasteiger partial charge >= 0.3 is 0 Å². The maximum atomic E-state index is 6.41. The molecular formula is C28H25NO. The largest absolute Gasteiger partial charge is 0.455 e. The lowest BCUT2D eigenvalue weighted by atomic mass is 9.90. The molecule has 0 saturated heterocycles. The Morgan fingerprint density at radius 2 is 1.57 bits per heavy atom. The number of hydrogen-bond donors (Lipinski definition) is 0. The van der Waals surface area contributed by atoms with E-state index in [1.807, 2.05) is 12.3 Å².